The van der Waals surface area contributed by atoms with Crippen LogP contribution in [0.15, 0.2) is 36.1 Å². The third kappa shape index (κ3) is 3.05. The number of hydrogen-bond donors (Lipinski definition) is 0. The van der Waals surface area contributed by atoms with Gasteiger partial charge in [0, 0.05) is 32.4 Å². The molecule has 0 spiro atoms. The first kappa shape index (κ1) is 14.0. The first-order valence-corrected chi connectivity index (χ1v) is 7.95. The fourth-order valence-electron chi connectivity index (χ4n) is 2.68. The van der Waals surface area contributed by atoms with Gasteiger partial charge in [0.15, 0.2) is 0 Å². The van der Waals surface area contributed by atoms with E-state index in [2.05, 4.69) is 14.9 Å². The van der Waals surface area contributed by atoms with Gasteiger partial charge < -0.3 is 9.80 Å². The largest absolute Gasteiger partial charge is 0.355 e. The molecule has 3 heterocycles. The zero-order valence-electron chi connectivity index (χ0n) is 12.0. The zero-order valence-corrected chi connectivity index (χ0v) is 12.8. The van der Waals surface area contributed by atoms with Crippen molar-refractivity contribution in [2.24, 2.45) is 0 Å². The van der Waals surface area contributed by atoms with Crippen molar-refractivity contribution < 1.29 is 4.79 Å². The average Bonchev–Trinajstić information content (AvgIpc) is 3.09. The molecule has 1 amide bonds. The fraction of sp³-hybridized carbons (Fsp3) is 0.400. The lowest BCUT2D eigenvalue weighted by Gasteiger charge is -2.38. The Morgan fingerprint density at radius 2 is 2.38 bits per heavy atom. The molecule has 1 aliphatic rings. The Kier molecular flexibility index (Phi) is 4.15. The van der Waals surface area contributed by atoms with Gasteiger partial charge in [-0.15, -0.1) is 11.3 Å². The normalized spacial score (nSPS) is 18.5. The van der Waals surface area contributed by atoms with Crippen molar-refractivity contribution in [1.29, 1.82) is 0 Å². The maximum Gasteiger partial charge on any atom is 0.265 e. The number of hydrogen-bond acceptors (Lipinski definition) is 5. The predicted molar refractivity (Wildman–Crippen MR) is 83.7 cm³/mol. The third-order valence-corrected chi connectivity index (χ3v) is 4.64. The van der Waals surface area contributed by atoms with E-state index in [0.717, 1.165) is 31.7 Å². The van der Waals surface area contributed by atoms with Crippen molar-refractivity contribution >= 4 is 23.1 Å². The number of rotatable bonds is 3. The lowest BCUT2D eigenvalue weighted by molar-refractivity contribution is 0.0722. The van der Waals surface area contributed by atoms with Crippen molar-refractivity contribution in [3.63, 3.8) is 0 Å². The second-order valence-electron chi connectivity index (χ2n) is 5.21. The summed E-state index contributed by atoms with van der Waals surface area (Å²) < 4.78 is 0. The second-order valence-corrected chi connectivity index (χ2v) is 6.10. The maximum atomic E-state index is 12.4. The summed E-state index contributed by atoms with van der Waals surface area (Å²) in [5.41, 5.74) is 1.70. The van der Waals surface area contributed by atoms with Crippen LogP contribution in [0.5, 0.6) is 0 Å². The van der Waals surface area contributed by atoms with Crippen LogP contribution in [0.2, 0.25) is 0 Å². The number of aromatic nitrogens is 2. The number of pyridine rings is 1. The molecule has 110 valence electrons. The summed E-state index contributed by atoms with van der Waals surface area (Å²) in [4.78, 5) is 25.6. The Hall–Kier alpha value is -1.95. The number of carbonyl (C=O) groups is 1. The third-order valence-electron chi connectivity index (χ3n) is 3.88. The lowest BCUT2D eigenvalue weighted by atomic mass is 10.0. The summed E-state index contributed by atoms with van der Waals surface area (Å²) >= 11 is 1.39. The van der Waals surface area contributed by atoms with Crippen LogP contribution in [0.4, 0.5) is 5.82 Å². The summed E-state index contributed by atoms with van der Waals surface area (Å²) in [6.45, 7) is 1.83. The van der Waals surface area contributed by atoms with Crippen LogP contribution in [0.25, 0.3) is 0 Å². The van der Waals surface area contributed by atoms with Gasteiger partial charge in [-0.3, -0.25) is 9.78 Å². The van der Waals surface area contributed by atoms with Crippen molar-refractivity contribution in [3.8, 4) is 0 Å². The molecule has 1 unspecified atom stereocenters. The van der Waals surface area contributed by atoms with E-state index in [1.807, 2.05) is 36.3 Å². The molecule has 2 aromatic rings. The summed E-state index contributed by atoms with van der Waals surface area (Å²) in [6.07, 6.45) is 5.56. The van der Waals surface area contributed by atoms with Gasteiger partial charge in [-0.05, 0) is 25.0 Å². The SMILES string of the molecule is CN(C(=O)c1cncs1)C1CCCN(c2ccccn2)C1. The summed E-state index contributed by atoms with van der Waals surface area (Å²) in [6, 6.07) is 6.16. The molecule has 1 fully saturated rings. The highest BCUT2D eigenvalue weighted by Crippen LogP contribution is 2.21. The molecule has 0 saturated carbocycles. The molecule has 21 heavy (non-hydrogen) atoms. The number of likely N-dealkylation sites (N-methyl/N-ethyl adjacent to an activating group) is 1. The van der Waals surface area contributed by atoms with Crippen molar-refractivity contribution in [2.45, 2.75) is 18.9 Å². The second kappa shape index (κ2) is 6.22. The first-order valence-electron chi connectivity index (χ1n) is 7.07. The maximum absolute atomic E-state index is 12.4. The van der Waals surface area contributed by atoms with Crippen LogP contribution < -0.4 is 4.90 Å². The van der Waals surface area contributed by atoms with Crippen LogP contribution in [-0.2, 0) is 0 Å². The van der Waals surface area contributed by atoms with E-state index in [0.29, 0.717) is 4.88 Å². The summed E-state index contributed by atoms with van der Waals surface area (Å²) in [5.74, 6) is 1.05. The molecule has 5 nitrogen and oxygen atoms in total. The Morgan fingerprint density at radius 1 is 1.48 bits per heavy atom. The van der Waals surface area contributed by atoms with Crippen molar-refractivity contribution in [1.82, 2.24) is 14.9 Å². The number of nitrogens with zero attached hydrogens (tertiary/aromatic N) is 4. The number of anilines is 1. The molecular formula is C15H18N4OS. The Balaban J connectivity index is 1.70. The molecule has 0 N–H and O–H groups in total. The Labute approximate surface area is 128 Å². The van der Waals surface area contributed by atoms with Crippen LogP contribution >= 0.6 is 11.3 Å². The molecule has 0 bridgehead atoms. The zero-order chi connectivity index (χ0) is 14.7. The van der Waals surface area contributed by atoms with Crippen LogP contribution in [0.3, 0.4) is 0 Å². The van der Waals surface area contributed by atoms with Gasteiger partial charge >= 0.3 is 0 Å². The Bertz CT molecular complexity index is 587. The minimum absolute atomic E-state index is 0.0605. The standard InChI is InChI=1S/C15H18N4OS/c1-18(15(20)13-9-16-11-21-13)12-5-4-8-19(10-12)14-6-2-3-7-17-14/h2-3,6-7,9,11-12H,4-5,8,10H2,1H3. The lowest BCUT2D eigenvalue weighted by Crippen LogP contribution is -2.48. The molecule has 1 atom stereocenters. The molecular weight excluding hydrogens is 284 g/mol. The topological polar surface area (TPSA) is 49.3 Å². The number of thiazole rings is 1. The Morgan fingerprint density at radius 3 is 3.10 bits per heavy atom. The van der Waals surface area contributed by atoms with Gasteiger partial charge in [0.1, 0.15) is 10.7 Å². The van der Waals surface area contributed by atoms with Crippen LogP contribution in [0.1, 0.15) is 22.5 Å². The quantitative estimate of drug-likeness (QED) is 0.873. The van der Waals surface area contributed by atoms with E-state index in [9.17, 15) is 4.79 Å². The molecule has 3 rings (SSSR count). The highest BCUT2D eigenvalue weighted by Gasteiger charge is 2.27. The highest BCUT2D eigenvalue weighted by molar-refractivity contribution is 7.11. The van der Waals surface area contributed by atoms with E-state index in [1.165, 1.54) is 11.3 Å². The van der Waals surface area contributed by atoms with E-state index >= 15 is 0 Å². The predicted octanol–water partition coefficient (Wildman–Crippen LogP) is 2.28. The first-order chi connectivity index (χ1) is 10.3. The molecule has 0 radical (unpaired) electrons. The van der Waals surface area contributed by atoms with E-state index in [-0.39, 0.29) is 11.9 Å². The van der Waals surface area contributed by atoms with E-state index < -0.39 is 0 Å². The number of amides is 1. The van der Waals surface area contributed by atoms with Gasteiger partial charge in [0.2, 0.25) is 0 Å². The summed E-state index contributed by atoms with van der Waals surface area (Å²) in [5, 5.41) is 0. The highest BCUT2D eigenvalue weighted by atomic mass is 32.1. The van der Waals surface area contributed by atoms with Crippen molar-refractivity contribution in [3.05, 3.63) is 41.0 Å². The molecule has 2 aromatic heterocycles. The van der Waals surface area contributed by atoms with E-state index in [4.69, 9.17) is 0 Å². The fourth-order valence-corrected chi connectivity index (χ4v) is 3.28. The van der Waals surface area contributed by atoms with Crippen LogP contribution in [-0.4, -0.2) is 47.0 Å². The smallest absolute Gasteiger partial charge is 0.265 e. The number of piperidine rings is 1. The van der Waals surface area contributed by atoms with Gasteiger partial charge in [-0.25, -0.2) is 4.98 Å². The molecule has 0 aliphatic carbocycles. The van der Waals surface area contributed by atoms with Gasteiger partial charge in [-0.2, -0.15) is 0 Å². The number of carbonyl (C=O) groups excluding carboxylic acids is 1. The summed E-state index contributed by atoms with van der Waals surface area (Å²) in [7, 11) is 1.88. The van der Waals surface area contributed by atoms with Crippen molar-refractivity contribution in [2.75, 3.05) is 25.0 Å². The molecule has 6 heteroatoms. The van der Waals surface area contributed by atoms with Gasteiger partial charge in [0.05, 0.1) is 11.7 Å². The molecule has 1 saturated heterocycles. The minimum atomic E-state index is 0.0605. The van der Waals surface area contributed by atoms with Crippen LogP contribution in [0, 0.1) is 0 Å². The van der Waals surface area contributed by atoms with Gasteiger partial charge in [-0.1, -0.05) is 6.07 Å². The van der Waals surface area contributed by atoms with E-state index in [1.54, 1.807) is 11.7 Å². The monoisotopic (exact) mass is 302 g/mol. The molecule has 0 aromatic carbocycles. The molecule has 1 aliphatic heterocycles. The average molecular weight is 302 g/mol. The van der Waals surface area contributed by atoms with Gasteiger partial charge in [0.25, 0.3) is 5.91 Å². The minimum Gasteiger partial charge on any atom is -0.355 e.